The van der Waals surface area contributed by atoms with Crippen LogP contribution in [0.3, 0.4) is 0 Å². The van der Waals surface area contributed by atoms with Gasteiger partial charge in [-0.1, -0.05) is 61.2 Å². The lowest BCUT2D eigenvalue weighted by Gasteiger charge is -2.09. The first-order chi connectivity index (χ1) is 11.0. The molecule has 0 unspecified atom stereocenters. The number of rotatable bonds is 7. The molecule has 124 valence electrons. The van der Waals surface area contributed by atoms with E-state index in [1.807, 2.05) is 0 Å². The highest BCUT2D eigenvalue weighted by molar-refractivity contribution is 7.15. The topological polar surface area (TPSA) is 54.9 Å². The van der Waals surface area contributed by atoms with E-state index >= 15 is 0 Å². The van der Waals surface area contributed by atoms with Crippen molar-refractivity contribution < 1.29 is 4.79 Å². The van der Waals surface area contributed by atoms with Crippen LogP contribution in [0.1, 0.15) is 60.8 Å². The van der Waals surface area contributed by atoms with Crippen LogP contribution in [-0.2, 0) is 0 Å². The third-order valence-corrected chi connectivity index (χ3v) is 5.13. The molecule has 23 heavy (non-hydrogen) atoms. The molecule has 0 spiro atoms. The highest BCUT2D eigenvalue weighted by Crippen LogP contribution is 2.30. The van der Waals surface area contributed by atoms with Crippen molar-refractivity contribution in [2.45, 2.75) is 45.4 Å². The van der Waals surface area contributed by atoms with Gasteiger partial charge in [-0.05, 0) is 31.0 Å². The summed E-state index contributed by atoms with van der Waals surface area (Å²) in [7, 11) is 0. The highest BCUT2D eigenvalue weighted by Gasteiger charge is 2.17. The first-order valence-corrected chi connectivity index (χ1v) is 9.22. The number of carbonyl (C=O) groups is 1. The third-order valence-electron chi connectivity index (χ3n) is 3.59. The zero-order chi connectivity index (χ0) is 16.8. The monoisotopic (exact) mass is 371 g/mol. The van der Waals surface area contributed by atoms with Gasteiger partial charge in [0.25, 0.3) is 5.91 Å². The summed E-state index contributed by atoms with van der Waals surface area (Å²) >= 11 is 13.3. The highest BCUT2D eigenvalue weighted by atomic mass is 35.5. The van der Waals surface area contributed by atoms with Gasteiger partial charge in [-0.2, -0.15) is 0 Å². The van der Waals surface area contributed by atoms with Gasteiger partial charge in [0.05, 0.1) is 10.6 Å². The molecule has 0 aliphatic carbocycles. The van der Waals surface area contributed by atoms with Crippen molar-refractivity contribution in [3.63, 3.8) is 0 Å². The van der Waals surface area contributed by atoms with E-state index in [1.165, 1.54) is 17.8 Å². The van der Waals surface area contributed by atoms with Gasteiger partial charge in [0, 0.05) is 10.9 Å². The van der Waals surface area contributed by atoms with Gasteiger partial charge in [0.15, 0.2) is 0 Å². The second kappa shape index (κ2) is 8.62. The van der Waals surface area contributed by atoms with Gasteiger partial charge < -0.3 is 0 Å². The molecule has 2 aromatic rings. The fourth-order valence-corrected chi connectivity index (χ4v) is 3.69. The number of anilines is 1. The summed E-state index contributed by atoms with van der Waals surface area (Å²) in [6.45, 7) is 4.32. The van der Waals surface area contributed by atoms with E-state index in [1.54, 1.807) is 18.2 Å². The predicted octanol–water partition coefficient (Wildman–Crippen LogP) is 5.78. The van der Waals surface area contributed by atoms with Gasteiger partial charge >= 0.3 is 0 Å². The predicted molar refractivity (Wildman–Crippen MR) is 96.9 cm³/mol. The van der Waals surface area contributed by atoms with Crippen LogP contribution in [0.15, 0.2) is 18.2 Å². The van der Waals surface area contributed by atoms with Crippen LogP contribution in [0.2, 0.25) is 10.0 Å². The Hall–Kier alpha value is -1.17. The summed E-state index contributed by atoms with van der Waals surface area (Å²) in [5, 5.41) is 13.3. The SMILES string of the molecule is CCCC[C@@H](CC)c1nnc(NC(=O)c2ccc(Cl)cc2Cl)s1. The third kappa shape index (κ3) is 4.90. The van der Waals surface area contributed by atoms with Crippen molar-refractivity contribution in [1.29, 1.82) is 0 Å². The molecule has 1 aromatic heterocycles. The molecule has 1 N–H and O–H groups in total. The molecule has 0 aliphatic heterocycles. The number of hydrogen-bond acceptors (Lipinski definition) is 4. The second-order valence-electron chi connectivity index (χ2n) is 5.27. The van der Waals surface area contributed by atoms with E-state index in [4.69, 9.17) is 23.2 Å². The molecule has 0 radical (unpaired) electrons. The van der Waals surface area contributed by atoms with E-state index in [2.05, 4.69) is 29.4 Å². The molecule has 1 heterocycles. The molecule has 0 saturated heterocycles. The zero-order valence-electron chi connectivity index (χ0n) is 13.1. The van der Waals surface area contributed by atoms with E-state index in [0.29, 0.717) is 26.7 Å². The Morgan fingerprint density at radius 3 is 2.74 bits per heavy atom. The van der Waals surface area contributed by atoms with Gasteiger partial charge in [0.2, 0.25) is 5.13 Å². The Kier molecular flexibility index (Phi) is 6.81. The van der Waals surface area contributed by atoms with E-state index in [9.17, 15) is 4.79 Å². The first kappa shape index (κ1) is 18.2. The maximum atomic E-state index is 12.3. The van der Waals surface area contributed by atoms with Gasteiger partial charge in [-0.25, -0.2) is 0 Å². The Morgan fingerprint density at radius 2 is 2.09 bits per heavy atom. The lowest BCUT2D eigenvalue weighted by molar-refractivity contribution is 0.102. The number of unbranched alkanes of at least 4 members (excludes halogenated alkanes) is 1. The van der Waals surface area contributed by atoms with Crippen molar-refractivity contribution in [1.82, 2.24) is 10.2 Å². The summed E-state index contributed by atoms with van der Waals surface area (Å²) in [6.07, 6.45) is 4.44. The molecule has 1 atom stereocenters. The molecular formula is C16H19Cl2N3OS. The Bertz CT molecular complexity index is 675. The molecule has 0 fully saturated rings. The summed E-state index contributed by atoms with van der Waals surface area (Å²) in [4.78, 5) is 12.3. The normalized spacial score (nSPS) is 12.2. The van der Waals surface area contributed by atoms with Crippen LogP contribution in [0.4, 0.5) is 5.13 Å². The number of hydrogen-bond donors (Lipinski definition) is 1. The quantitative estimate of drug-likeness (QED) is 0.670. The molecule has 4 nitrogen and oxygen atoms in total. The molecule has 0 bridgehead atoms. The van der Waals surface area contributed by atoms with Gasteiger partial charge in [-0.15, -0.1) is 10.2 Å². The van der Waals surface area contributed by atoms with Crippen molar-refractivity contribution in [3.05, 3.63) is 38.8 Å². The maximum absolute atomic E-state index is 12.3. The van der Waals surface area contributed by atoms with E-state index in [-0.39, 0.29) is 5.91 Å². The molecule has 1 amide bonds. The van der Waals surface area contributed by atoms with Crippen molar-refractivity contribution in [2.24, 2.45) is 0 Å². The minimum absolute atomic E-state index is 0.309. The fraction of sp³-hybridized carbons (Fsp3) is 0.438. The average molecular weight is 372 g/mol. The first-order valence-electron chi connectivity index (χ1n) is 7.64. The average Bonchev–Trinajstić information content (AvgIpc) is 2.96. The van der Waals surface area contributed by atoms with Crippen molar-refractivity contribution in [2.75, 3.05) is 5.32 Å². The van der Waals surface area contributed by atoms with Crippen LogP contribution >= 0.6 is 34.5 Å². The molecule has 7 heteroatoms. The number of nitrogens with zero attached hydrogens (tertiary/aromatic N) is 2. The number of aromatic nitrogens is 2. The number of carbonyl (C=O) groups excluding carboxylic acids is 1. The Morgan fingerprint density at radius 1 is 1.30 bits per heavy atom. The maximum Gasteiger partial charge on any atom is 0.259 e. The molecular weight excluding hydrogens is 353 g/mol. The number of halogens is 2. The molecule has 0 aliphatic rings. The Labute approximate surface area is 150 Å². The smallest absolute Gasteiger partial charge is 0.259 e. The van der Waals surface area contributed by atoms with Crippen LogP contribution < -0.4 is 5.32 Å². The lowest BCUT2D eigenvalue weighted by atomic mass is 10.0. The van der Waals surface area contributed by atoms with Gasteiger partial charge in [-0.3, -0.25) is 10.1 Å². The van der Waals surface area contributed by atoms with Crippen LogP contribution in [0.25, 0.3) is 0 Å². The minimum Gasteiger partial charge on any atom is -0.296 e. The number of benzene rings is 1. The number of amides is 1. The van der Waals surface area contributed by atoms with Crippen molar-refractivity contribution in [3.8, 4) is 0 Å². The summed E-state index contributed by atoms with van der Waals surface area (Å²) < 4.78 is 0. The zero-order valence-corrected chi connectivity index (χ0v) is 15.4. The molecule has 0 saturated carbocycles. The summed E-state index contributed by atoms with van der Waals surface area (Å²) in [6, 6.07) is 4.77. The summed E-state index contributed by atoms with van der Waals surface area (Å²) in [5.74, 6) is 0.0909. The molecule has 2 rings (SSSR count). The van der Waals surface area contributed by atoms with Crippen molar-refractivity contribution >= 4 is 45.6 Å². The second-order valence-corrected chi connectivity index (χ2v) is 7.12. The van der Waals surface area contributed by atoms with Crippen LogP contribution in [0.5, 0.6) is 0 Å². The molecule has 1 aromatic carbocycles. The van der Waals surface area contributed by atoms with Gasteiger partial charge in [0.1, 0.15) is 5.01 Å². The standard InChI is InChI=1S/C16H19Cl2N3OS/c1-3-5-6-10(4-2)15-20-21-16(23-15)19-14(22)12-8-7-11(17)9-13(12)18/h7-10H,3-6H2,1-2H3,(H,19,21,22)/t10-/m1/s1. The van der Waals surface area contributed by atoms with Crippen LogP contribution in [0, 0.1) is 0 Å². The van der Waals surface area contributed by atoms with E-state index in [0.717, 1.165) is 24.3 Å². The summed E-state index contributed by atoms with van der Waals surface area (Å²) in [5.41, 5.74) is 0.367. The fourth-order valence-electron chi connectivity index (χ4n) is 2.24. The largest absolute Gasteiger partial charge is 0.296 e. The Balaban J connectivity index is 2.07. The van der Waals surface area contributed by atoms with E-state index < -0.39 is 0 Å². The minimum atomic E-state index is -0.309. The lowest BCUT2D eigenvalue weighted by Crippen LogP contribution is -2.12. The van der Waals surface area contributed by atoms with Crippen LogP contribution in [-0.4, -0.2) is 16.1 Å². The number of nitrogens with one attached hydrogen (secondary N) is 1.